The molecule has 94 valence electrons. The van der Waals surface area contributed by atoms with Crippen molar-refractivity contribution in [2.75, 3.05) is 0 Å². The summed E-state index contributed by atoms with van der Waals surface area (Å²) >= 11 is 7.27. The van der Waals surface area contributed by atoms with E-state index in [4.69, 9.17) is 16.7 Å². The monoisotopic (exact) mass is 286 g/mol. The van der Waals surface area contributed by atoms with Crippen LogP contribution in [0.1, 0.15) is 5.56 Å². The first-order chi connectivity index (χ1) is 8.60. The minimum Gasteiger partial charge on any atom is -0.392 e. The molecular weight excluding hydrogens is 278 g/mol. The number of rotatable bonds is 3. The molecule has 0 radical (unpaired) electrons. The second kappa shape index (κ2) is 5.69. The Bertz CT molecular complexity index is 575. The van der Waals surface area contributed by atoms with E-state index in [2.05, 4.69) is 0 Å². The lowest BCUT2D eigenvalue weighted by Crippen LogP contribution is -1.86. The van der Waals surface area contributed by atoms with Crippen LogP contribution in [-0.2, 0) is 6.61 Å². The van der Waals surface area contributed by atoms with Gasteiger partial charge in [0.1, 0.15) is 0 Å². The van der Waals surface area contributed by atoms with Crippen molar-refractivity contribution >= 4 is 23.4 Å². The van der Waals surface area contributed by atoms with Gasteiger partial charge in [0, 0.05) is 9.79 Å². The molecule has 5 heteroatoms. The number of aliphatic hydroxyl groups is 1. The van der Waals surface area contributed by atoms with Gasteiger partial charge in [-0.15, -0.1) is 0 Å². The summed E-state index contributed by atoms with van der Waals surface area (Å²) < 4.78 is 25.8. The zero-order valence-electron chi connectivity index (χ0n) is 9.16. The Hall–Kier alpha value is -1.10. The van der Waals surface area contributed by atoms with Gasteiger partial charge in [-0.25, -0.2) is 8.78 Å². The van der Waals surface area contributed by atoms with Gasteiger partial charge in [-0.3, -0.25) is 0 Å². The van der Waals surface area contributed by atoms with Gasteiger partial charge in [-0.2, -0.15) is 0 Å². The summed E-state index contributed by atoms with van der Waals surface area (Å²) in [5.74, 6) is -1.76. The van der Waals surface area contributed by atoms with Crippen LogP contribution in [0.2, 0.25) is 5.02 Å². The number of benzene rings is 2. The molecule has 0 bridgehead atoms. The third-order valence-electron chi connectivity index (χ3n) is 2.30. The predicted octanol–water partition coefficient (Wildman–Crippen LogP) is 4.26. The van der Waals surface area contributed by atoms with Crippen molar-refractivity contribution in [2.24, 2.45) is 0 Å². The van der Waals surface area contributed by atoms with Crippen molar-refractivity contribution in [2.45, 2.75) is 16.4 Å². The molecule has 0 heterocycles. The van der Waals surface area contributed by atoms with Crippen LogP contribution in [0.15, 0.2) is 46.2 Å². The lowest BCUT2D eigenvalue weighted by atomic mass is 10.2. The summed E-state index contributed by atoms with van der Waals surface area (Å²) in [6.07, 6.45) is 0. The molecule has 1 nitrogen and oxygen atoms in total. The van der Waals surface area contributed by atoms with Crippen molar-refractivity contribution in [1.82, 2.24) is 0 Å². The average Bonchev–Trinajstić information content (AvgIpc) is 2.36. The van der Waals surface area contributed by atoms with E-state index in [0.29, 0.717) is 15.5 Å². The summed E-state index contributed by atoms with van der Waals surface area (Å²) in [5.41, 5.74) is 0.703. The van der Waals surface area contributed by atoms with E-state index in [0.717, 1.165) is 17.0 Å². The highest BCUT2D eigenvalue weighted by atomic mass is 35.5. The molecular formula is C13H9ClF2OS. The van der Waals surface area contributed by atoms with Crippen LogP contribution in [0.25, 0.3) is 0 Å². The second-order valence-corrected chi connectivity index (χ2v) is 5.12. The second-order valence-electron chi connectivity index (χ2n) is 3.60. The van der Waals surface area contributed by atoms with Gasteiger partial charge >= 0.3 is 0 Å². The van der Waals surface area contributed by atoms with Crippen LogP contribution in [0, 0.1) is 11.6 Å². The van der Waals surface area contributed by atoms with Gasteiger partial charge in [-0.05, 0) is 35.9 Å². The highest BCUT2D eigenvalue weighted by molar-refractivity contribution is 7.99. The highest BCUT2D eigenvalue weighted by Gasteiger charge is 2.07. The third kappa shape index (κ3) is 3.02. The van der Waals surface area contributed by atoms with Gasteiger partial charge in [0.25, 0.3) is 0 Å². The van der Waals surface area contributed by atoms with Crippen LogP contribution < -0.4 is 0 Å². The Balaban J connectivity index is 2.25. The maximum Gasteiger partial charge on any atom is 0.159 e. The Morgan fingerprint density at radius 1 is 1.06 bits per heavy atom. The summed E-state index contributed by atoms with van der Waals surface area (Å²) in [7, 11) is 0. The van der Waals surface area contributed by atoms with E-state index in [-0.39, 0.29) is 6.61 Å². The van der Waals surface area contributed by atoms with Gasteiger partial charge in [-0.1, -0.05) is 29.4 Å². The van der Waals surface area contributed by atoms with Crippen LogP contribution in [0.4, 0.5) is 8.78 Å². The molecule has 2 aromatic carbocycles. The summed E-state index contributed by atoms with van der Waals surface area (Å²) in [4.78, 5) is 1.28. The van der Waals surface area contributed by atoms with Crippen LogP contribution in [0.5, 0.6) is 0 Å². The third-order valence-corrected chi connectivity index (χ3v) is 3.79. The van der Waals surface area contributed by atoms with E-state index >= 15 is 0 Å². The molecule has 0 saturated carbocycles. The maximum atomic E-state index is 13.0. The van der Waals surface area contributed by atoms with E-state index in [1.165, 1.54) is 17.8 Å². The fourth-order valence-corrected chi connectivity index (χ4v) is 2.56. The fraction of sp³-hybridized carbons (Fsp3) is 0.0769. The first-order valence-electron chi connectivity index (χ1n) is 5.12. The lowest BCUT2D eigenvalue weighted by Gasteiger charge is -2.06. The summed E-state index contributed by atoms with van der Waals surface area (Å²) in [5, 5.41) is 9.42. The standard InChI is InChI=1S/C13H9ClF2OS/c14-10-5-8(7-17)1-4-13(10)18-9-2-3-11(15)12(16)6-9/h1-6,17H,7H2. The van der Waals surface area contributed by atoms with Gasteiger partial charge in [0.15, 0.2) is 11.6 Å². The van der Waals surface area contributed by atoms with Crippen LogP contribution in [0.3, 0.4) is 0 Å². The SMILES string of the molecule is OCc1ccc(Sc2ccc(F)c(F)c2)c(Cl)c1. The summed E-state index contributed by atoms with van der Waals surface area (Å²) in [6.45, 7) is -0.0875. The zero-order chi connectivity index (χ0) is 13.1. The van der Waals surface area contributed by atoms with Crippen LogP contribution >= 0.6 is 23.4 Å². The average molecular weight is 287 g/mol. The minimum absolute atomic E-state index is 0.0875. The van der Waals surface area contributed by atoms with Gasteiger partial charge in [0.2, 0.25) is 0 Å². The Kier molecular flexibility index (Phi) is 4.22. The van der Waals surface area contributed by atoms with E-state index < -0.39 is 11.6 Å². The zero-order valence-corrected chi connectivity index (χ0v) is 10.7. The first-order valence-corrected chi connectivity index (χ1v) is 6.32. The molecule has 0 saturated heterocycles. The van der Waals surface area contributed by atoms with E-state index in [9.17, 15) is 8.78 Å². The Labute approximate surface area is 112 Å². The molecule has 0 aliphatic carbocycles. The molecule has 1 N–H and O–H groups in total. The Morgan fingerprint density at radius 3 is 2.44 bits per heavy atom. The predicted molar refractivity (Wildman–Crippen MR) is 67.9 cm³/mol. The normalized spacial score (nSPS) is 10.7. The molecule has 0 unspecified atom stereocenters. The number of hydrogen-bond acceptors (Lipinski definition) is 2. The van der Waals surface area contributed by atoms with Gasteiger partial charge in [0.05, 0.1) is 11.6 Å². The van der Waals surface area contributed by atoms with Crippen molar-refractivity contribution in [3.63, 3.8) is 0 Å². The van der Waals surface area contributed by atoms with Crippen molar-refractivity contribution in [1.29, 1.82) is 0 Å². The summed E-state index contributed by atoms with van der Waals surface area (Å²) in [6, 6.07) is 8.79. The lowest BCUT2D eigenvalue weighted by molar-refractivity contribution is 0.282. The molecule has 0 spiro atoms. The van der Waals surface area contributed by atoms with Crippen molar-refractivity contribution < 1.29 is 13.9 Å². The molecule has 2 rings (SSSR count). The molecule has 0 aliphatic rings. The van der Waals surface area contributed by atoms with Gasteiger partial charge < -0.3 is 5.11 Å². The topological polar surface area (TPSA) is 20.2 Å². The largest absolute Gasteiger partial charge is 0.392 e. The maximum absolute atomic E-state index is 13.0. The quantitative estimate of drug-likeness (QED) is 0.910. The van der Waals surface area contributed by atoms with Crippen molar-refractivity contribution in [3.05, 3.63) is 58.6 Å². The smallest absolute Gasteiger partial charge is 0.159 e. The molecule has 0 amide bonds. The molecule has 18 heavy (non-hydrogen) atoms. The molecule has 0 fully saturated rings. The molecule has 2 aromatic rings. The van der Waals surface area contributed by atoms with E-state index in [1.54, 1.807) is 18.2 Å². The first kappa shape index (κ1) is 13.3. The van der Waals surface area contributed by atoms with Crippen LogP contribution in [-0.4, -0.2) is 5.11 Å². The molecule has 0 atom stereocenters. The fourth-order valence-electron chi connectivity index (χ4n) is 1.39. The van der Waals surface area contributed by atoms with E-state index in [1.807, 2.05) is 0 Å². The number of aliphatic hydroxyl groups excluding tert-OH is 1. The highest BCUT2D eigenvalue weighted by Crippen LogP contribution is 2.34. The van der Waals surface area contributed by atoms with Crippen molar-refractivity contribution in [3.8, 4) is 0 Å². The molecule has 0 aromatic heterocycles. The minimum atomic E-state index is -0.886. The molecule has 0 aliphatic heterocycles. The Morgan fingerprint density at radius 2 is 1.83 bits per heavy atom. The number of hydrogen-bond donors (Lipinski definition) is 1. The number of halogens is 3.